The quantitative estimate of drug-likeness (QED) is 0.805. The van der Waals surface area contributed by atoms with Gasteiger partial charge in [-0.2, -0.15) is 5.10 Å². The van der Waals surface area contributed by atoms with Crippen molar-refractivity contribution in [1.29, 1.82) is 0 Å². The van der Waals surface area contributed by atoms with Gasteiger partial charge in [-0.3, -0.25) is 14.5 Å². The van der Waals surface area contributed by atoms with Gasteiger partial charge in [0, 0.05) is 13.2 Å². The first-order valence-corrected chi connectivity index (χ1v) is 7.38. The van der Waals surface area contributed by atoms with E-state index < -0.39 is 0 Å². The van der Waals surface area contributed by atoms with Crippen LogP contribution >= 0.6 is 11.3 Å². The first-order chi connectivity index (χ1) is 10.2. The van der Waals surface area contributed by atoms with E-state index in [1.165, 1.54) is 11.3 Å². The fourth-order valence-corrected chi connectivity index (χ4v) is 2.67. The third-order valence-corrected chi connectivity index (χ3v) is 3.90. The highest BCUT2D eigenvalue weighted by atomic mass is 32.1. The van der Waals surface area contributed by atoms with Crippen molar-refractivity contribution in [3.63, 3.8) is 0 Å². The van der Waals surface area contributed by atoms with E-state index in [1.54, 1.807) is 16.9 Å². The van der Waals surface area contributed by atoms with E-state index in [0.717, 1.165) is 17.1 Å². The maximum absolute atomic E-state index is 11.9. The fraction of sp³-hybridized carbons (Fsp3) is 0.133. The smallest absolute Gasteiger partial charge is 0.261 e. The summed E-state index contributed by atoms with van der Waals surface area (Å²) in [5.41, 5.74) is 2.60. The van der Waals surface area contributed by atoms with Crippen molar-refractivity contribution in [2.75, 3.05) is 0 Å². The largest absolute Gasteiger partial charge is 0.346 e. The summed E-state index contributed by atoms with van der Waals surface area (Å²) in [5.74, 6) is -0.0740. The molecule has 0 spiro atoms. The van der Waals surface area contributed by atoms with E-state index >= 15 is 0 Å². The Morgan fingerprint density at radius 1 is 1.33 bits per heavy atom. The van der Waals surface area contributed by atoms with Gasteiger partial charge >= 0.3 is 0 Å². The Morgan fingerprint density at radius 2 is 2.24 bits per heavy atom. The van der Waals surface area contributed by atoms with Crippen molar-refractivity contribution in [3.8, 4) is 11.4 Å². The van der Waals surface area contributed by atoms with Crippen molar-refractivity contribution in [2.45, 2.75) is 6.54 Å². The van der Waals surface area contributed by atoms with Crippen LogP contribution in [-0.4, -0.2) is 20.7 Å². The van der Waals surface area contributed by atoms with E-state index in [-0.39, 0.29) is 5.91 Å². The maximum Gasteiger partial charge on any atom is 0.261 e. The van der Waals surface area contributed by atoms with Crippen LogP contribution in [-0.2, 0) is 13.6 Å². The van der Waals surface area contributed by atoms with E-state index in [0.29, 0.717) is 11.4 Å². The van der Waals surface area contributed by atoms with Crippen LogP contribution in [0.25, 0.3) is 11.4 Å². The Morgan fingerprint density at radius 3 is 2.95 bits per heavy atom. The molecule has 3 heterocycles. The van der Waals surface area contributed by atoms with Crippen LogP contribution in [0, 0.1) is 0 Å². The van der Waals surface area contributed by atoms with E-state index in [9.17, 15) is 4.79 Å². The molecule has 0 aliphatic rings. The average molecular weight is 298 g/mol. The molecule has 0 unspecified atom stereocenters. The van der Waals surface area contributed by atoms with Gasteiger partial charge in [-0.15, -0.1) is 11.3 Å². The third-order valence-electron chi connectivity index (χ3n) is 3.03. The van der Waals surface area contributed by atoms with Crippen molar-refractivity contribution < 1.29 is 4.79 Å². The molecule has 3 rings (SSSR count). The van der Waals surface area contributed by atoms with Gasteiger partial charge in [-0.1, -0.05) is 12.1 Å². The second-order valence-electron chi connectivity index (χ2n) is 4.52. The van der Waals surface area contributed by atoms with Crippen LogP contribution in [0.4, 0.5) is 0 Å². The normalized spacial score (nSPS) is 10.5. The summed E-state index contributed by atoms with van der Waals surface area (Å²) in [6, 6.07) is 11.4. The monoisotopic (exact) mass is 298 g/mol. The molecule has 3 aromatic heterocycles. The molecule has 1 N–H and O–H groups in total. The number of nitrogens with one attached hydrogen (secondary N) is 1. The zero-order valence-corrected chi connectivity index (χ0v) is 12.3. The number of nitrogens with zero attached hydrogens (tertiary/aromatic N) is 3. The average Bonchev–Trinajstić information content (AvgIpc) is 3.15. The van der Waals surface area contributed by atoms with Gasteiger partial charge in [0.25, 0.3) is 5.91 Å². The van der Waals surface area contributed by atoms with Crippen LogP contribution in [0.5, 0.6) is 0 Å². The Labute approximate surface area is 126 Å². The Balaban J connectivity index is 1.72. The second kappa shape index (κ2) is 5.88. The lowest BCUT2D eigenvalue weighted by molar-refractivity contribution is 0.0954. The summed E-state index contributed by atoms with van der Waals surface area (Å²) in [4.78, 5) is 16.9. The molecule has 6 heteroatoms. The zero-order chi connectivity index (χ0) is 14.7. The molecule has 106 valence electrons. The number of hydrogen-bond acceptors (Lipinski definition) is 4. The molecule has 0 bridgehead atoms. The van der Waals surface area contributed by atoms with Crippen molar-refractivity contribution >= 4 is 17.2 Å². The highest BCUT2D eigenvalue weighted by molar-refractivity contribution is 7.12. The summed E-state index contributed by atoms with van der Waals surface area (Å²) in [7, 11) is 1.87. The van der Waals surface area contributed by atoms with Gasteiger partial charge in [-0.25, -0.2) is 0 Å². The van der Waals surface area contributed by atoms with Gasteiger partial charge in [-0.05, 0) is 29.6 Å². The first kappa shape index (κ1) is 13.5. The van der Waals surface area contributed by atoms with Gasteiger partial charge in [0.1, 0.15) is 0 Å². The molecule has 0 aromatic carbocycles. The fourth-order valence-electron chi connectivity index (χ4n) is 2.03. The van der Waals surface area contributed by atoms with Gasteiger partial charge < -0.3 is 5.32 Å². The minimum Gasteiger partial charge on any atom is -0.346 e. The van der Waals surface area contributed by atoms with Crippen LogP contribution in [0.2, 0.25) is 0 Å². The summed E-state index contributed by atoms with van der Waals surface area (Å²) in [6.45, 7) is 0.400. The highest BCUT2D eigenvalue weighted by Gasteiger charge is 2.10. The predicted molar refractivity (Wildman–Crippen MR) is 81.9 cm³/mol. The van der Waals surface area contributed by atoms with E-state index in [1.807, 2.05) is 42.8 Å². The number of carbonyl (C=O) groups is 1. The third kappa shape index (κ3) is 3.00. The molecule has 0 radical (unpaired) electrons. The molecule has 0 aliphatic heterocycles. The molecule has 0 saturated heterocycles. The van der Waals surface area contributed by atoms with E-state index in [4.69, 9.17) is 0 Å². The molecule has 1 amide bonds. The molecular weight excluding hydrogens is 284 g/mol. The van der Waals surface area contributed by atoms with Gasteiger partial charge in [0.2, 0.25) is 0 Å². The molecule has 5 nitrogen and oxygen atoms in total. The number of thiophene rings is 1. The first-order valence-electron chi connectivity index (χ1n) is 6.50. The van der Waals surface area contributed by atoms with Crippen LogP contribution in [0.15, 0.2) is 48.0 Å². The molecule has 0 fully saturated rings. The topological polar surface area (TPSA) is 59.8 Å². The highest BCUT2D eigenvalue weighted by Crippen LogP contribution is 2.17. The number of carbonyl (C=O) groups excluding carboxylic acids is 1. The lowest BCUT2D eigenvalue weighted by atomic mass is 10.2. The Kier molecular flexibility index (Phi) is 3.79. The lowest BCUT2D eigenvalue weighted by Crippen LogP contribution is -2.22. The molecule has 0 atom stereocenters. The lowest BCUT2D eigenvalue weighted by Gasteiger charge is -1.99. The molecule has 3 aromatic rings. The minimum absolute atomic E-state index is 0.0740. The summed E-state index contributed by atoms with van der Waals surface area (Å²) >= 11 is 1.42. The number of amides is 1. The van der Waals surface area contributed by atoms with Gasteiger partial charge in [0.05, 0.1) is 28.5 Å². The molecule has 0 saturated carbocycles. The van der Waals surface area contributed by atoms with Gasteiger partial charge in [0.15, 0.2) is 0 Å². The standard InChI is InChI=1S/C15H14N4OS/c1-19-13(12-5-2-3-7-16-12)9-11(18-19)10-17-15(20)14-6-4-8-21-14/h2-9H,10H2,1H3,(H,17,20). The molecule has 0 aliphatic carbocycles. The molecule has 21 heavy (non-hydrogen) atoms. The molecular formula is C15H14N4OS. The number of aryl methyl sites for hydroxylation is 1. The predicted octanol–water partition coefficient (Wildman–Crippen LogP) is 2.47. The summed E-state index contributed by atoms with van der Waals surface area (Å²) < 4.78 is 1.77. The number of rotatable bonds is 4. The number of pyridine rings is 1. The van der Waals surface area contributed by atoms with Crippen molar-refractivity contribution in [1.82, 2.24) is 20.1 Å². The zero-order valence-electron chi connectivity index (χ0n) is 11.5. The summed E-state index contributed by atoms with van der Waals surface area (Å²) in [6.07, 6.45) is 1.75. The Hall–Kier alpha value is -2.47. The second-order valence-corrected chi connectivity index (χ2v) is 5.47. The van der Waals surface area contributed by atoms with E-state index in [2.05, 4.69) is 15.4 Å². The minimum atomic E-state index is -0.0740. The van der Waals surface area contributed by atoms with Crippen LogP contribution < -0.4 is 5.32 Å². The number of hydrogen-bond donors (Lipinski definition) is 1. The Bertz CT molecular complexity index is 734. The van der Waals surface area contributed by atoms with Crippen molar-refractivity contribution in [3.05, 3.63) is 58.5 Å². The number of aromatic nitrogens is 3. The summed E-state index contributed by atoms with van der Waals surface area (Å²) in [5, 5.41) is 9.16. The van der Waals surface area contributed by atoms with Crippen LogP contribution in [0.1, 0.15) is 15.4 Å². The maximum atomic E-state index is 11.9. The van der Waals surface area contributed by atoms with Crippen LogP contribution in [0.3, 0.4) is 0 Å². The SMILES string of the molecule is Cn1nc(CNC(=O)c2cccs2)cc1-c1ccccn1. The van der Waals surface area contributed by atoms with Crippen molar-refractivity contribution in [2.24, 2.45) is 7.05 Å².